The Bertz CT molecular complexity index is 1020. The number of rotatable bonds is 6. The van der Waals surface area contributed by atoms with Gasteiger partial charge in [0.25, 0.3) is 0 Å². The second kappa shape index (κ2) is 8.41. The van der Waals surface area contributed by atoms with Crippen LogP contribution in [0.15, 0.2) is 35.7 Å². The van der Waals surface area contributed by atoms with E-state index in [1.54, 1.807) is 24.5 Å². The molecule has 0 amide bonds. The zero-order chi connectivity index (χ0) is 20.4. The van der Waals surface area contributed by atoms with Crippen molar-refractivity contribution in [3.8, 4) is 27.7 Å². The fourth-order valence-corrected chi connectivity index (χ4v) is 5.12. The lowest BCUT2D eigenvalue weighted by atomic mass is 9.89. The van der Waals surface area contributed by atoms with Crippen LogP contribution in [0.25, 0.3) is 22.0 Å². The number of carboxylic acid groups (broad SMARTS) is 1. The molecule has 1 aliphatic carbocycles. The molecule has 0 unspecified atom stereocenters. The number of hydrogen-bond donors (Lipinski definition) is 1. The monoisotopic (exact) mass is 410 g/mol. The fourth-order valence-electron chi connectivity index (χ4n) is 4.27. The molecule has 2 heterocycles. The van der Waals surface area contributed by atoms with Gasteiger partial charge in [0.15, 0.2) is 0 Å². The number of aromatic nitrogens is 2. The molecule has 5 nitrogen and oxygen atoms in total. The molecule has 0 aliphatic heterocycles. The normalized spacial score (nSPS) is 14.8. The molecule has 4 rings (SSSR count). The molecule has 0 spiro atoms. The minimum absolute atomic E-state index is 0.364. The summed E-state index contributed by atoms with van der Waals surface area (Å²) < 4.78 is 7.64. The van der Waals surface area contributed by atoms with E-state index in [9.17, 15) is 9.90 Å². The van der Waals surface area contributed by atoms with E-state index in [4.69, 9.17) is 9.72 Å². The summed E-state index contributed by atoms with van der Waals surface area (Å²) in [6, 6.07) is 9.61. The smallest absolute Gasteiger partial charge is 0.337 e. The predicted molar refractivity (Wildman–Crippen MR) is 116 cm³/mol. The van der Waals surface area contributed by atoms with Gasteiger partial charge in [-0.2, -0.15) is 0 Å². The lowest BCUT2D eigenvalue weighted by Gasteiger charge is -2.24. The molecule has 0 bridgehead atoms. The van der Waals surface area contributed by atoms with Crippen molar-refractivity contribution in [2.45, 2.75) is 45.6 Å². The van der Waals surface area contributed by atoms with Crippen molar-refractivity contribution < 1.29 is 14.6 Å². The number of para-hydroxylation sites is 1. The number of ether oxygens (including phenoxy) is 1. The molecule has 1 saturated carbocycles. The zero-order valence-corrected chi connectivity index (χ0v) is 17.7. The average Bonchev–Trinajstić information content (AvgIpc) is 3.34. The number of aromatic carboxylic acids is 1. The average molecular weight is 411 g/mol. The maximum absolute atomic E-state index is 11.8. The molecule has 0 atom stereocenters. The fraction of sp³-hybridized carbons (Fsp3) is 0.391. The van der Waals surface area contributed by atoms with Crippen molar-refractivity contribution in [2.75, 3.05) is 7.11 Å². The first kappa shape index (κ1) is 19.7. The topological polar surface area (TPSA) is 64.3 Å². The summed E-state index contributed by atoms with van der Waals surface area (Å²) in [6.07, 6.45) is 6.26. The quantitative estimate of drug-likeness (QED) is 0.552. The van der Waals surface area contributed by atoms with Crippen LogP contribution in [0, 0.1) is 12.8 Å². The Balaban J connectivity index is 1.73. The molecule has 0 radical (unpaired) electrons. The van der Waals surface area contributed by atoms with Gasteiger partial charge in [-0.1, -0.05) is 31.4 Å². The first-order chi connectivity index (χ1) is 14.1. The number of methoxy groups -OCH3 is 1. The zero-order valence-electron chi connectivity index (χ0n) is 16.9. The summed E-state index contributed by atoms with van der Waals surface area (Å²) in [5.41, 5.74) is 3.84. The lowest BCUT2D eigenvalue weighted by molar-refractivity contribution is 0.0696. The third-order valence-corrected chi connectivity index (χ3v) is 6.74. The molecule has 1 aliphatic rings. The molecule has 6 heteroatoms. The van der Waals surface area contributed by atoms with Crippen LogP contribution in [0.2, 0.25) is 0 Å². The van der Waals surface area contributed by atoms with E-state index < -0.39 is 5.97 Å². The molecule has 1 fully saturated rings. The van der Waals surface area contributed by atoms with Crippen molar-refractivity contribution in [1.82, 2.24) is 9.55 Å². The van der Waals surface area contributed by atoms with Gasteiger partial charge in [-0.15, -0.1) is 11.3 Å². The van der Waals surface area contributed by atoms with Crippen LogP contribution < -0.4 is 4.74 Å². The Morgan fingerprint density at radius 1 is 1.28 bits per heavy atom. The molecule has 1 aromatic carbocycles. The van der Waals surface area contributed by atoms with E-state index in [2.05, 4.69) is 4.57 Å². The highest BCUT2D eigenvalue weighted by Gasteiger charge is 2.23. The van der Waals surface area contributed by atoms with E-state index in [-0.39, 0.29) is 0 Å². The molecule has 0 saturated heterocycles. The van der Waals surface area contributed by atoms with E-state index >= 15 is 0 Å². The van der Waals surface area contributed by atoms with Crippen LogP contribution in [0.3, 0.4) is 0 Å². The van der Waals surface area contributed by atoms with Gasteiger partial charge in [0.05, 0.1) is 29.6 Å². The van der Waals surface area contributed by atoms with Gasteiger partial charge in [-0.3, -0.25) is 0 Å². The summed E-state index contributed by atoms with van der Waals surface area (Å²) in [5, 5.41) is 12.5. The Hall–Kier alpha value is -2.60. The maximum atomic E-state index is 11.8. The number of hydrogen-bond acceptors (Lipinski definition) is 4. The SMILES string of the molecule is COc1ccccc1-c1nc(-c2cc(C(=O)O)c(C)n2CC2CCCCC2)cs1. The second-order valence-corrected chi connectivity index (χ2v) is 8.54. The first-order valence-corrected chi connectivity index (χ1v) is 11.0. The standard InChI is InChI=1S/C23H26N2O3S/c1-15-18(23(26)27)12-20(25(15)13-16-8-4-3-5-9-16)19-14-29-22(24-19)17-10-6-7-11-21(17)28-2/h6-7,10-12,14,16H,3-5,8-9,13H2,1-2H3,(H,26,27). The van der Waals surface area contributed by atoms with Crippen LogP contribution in [0.1, 0.15) is 48.2 Å². The predicted octanol–water partition coefficient (Wildman–Crippen LogP) is 5.87. The molecular formula is C23H26N2O3S. The maximum Gasteiger partial charge on any atom is 0.337 e. The number of thiazole rings is 1. The largest absolute Gasteiger partial charge is 0.496 e. The Kier molecular flexibility index (Phi) is 5.72. The highest BCUT2D eigenvalue weighted by molar-refractivity contribution is 7.13. The second-order valence-electron chi connectivity index (χ2n) is 7.69. The van der Waals surface area contributed by atoms with Crippen LogP contribution in [-0.4, -0.2) is 27.7 Å². The highest BCUT2D eigenvalue weighted by Crippen LogP contribution is 2.36. The third-order valence-electron chi connectivity index (χ3n) is 5.87. The van der Waals surface area contributed by atoms with Crippen LogP contribution in [0.4, 0.5) is 0 Å². The molecule has 1 N–H and O–H groups in total. The van der Waals surface area contributed by atoms with Crippen molar-refractivity contribution >= 4 is 17.3 Å². The van der Waals surface area contributed by atoms with Crippen LogP contribution >= 0.6 is 11.3 Å². The van der Waals surface area contributed by atoms with Crippen molar-refractivity contribution in [3.05, 3.63) is 47.0 Å². The number of carbonyl (C=O) groups is 1. The number of nitrogens with zero attached hydrogens (tertiary/aromatic N) is 2. The van der Waals surface area contributed by atoms with Crippen molar-refractivity contribution in [1.29, 1.82) is 0 Å². The van der Waals surface area contributed by atoms with Gasteiger partial charge in [0.1, 0.15) is 10.8 Å². The van der Waals surface area contributed by atoms with E-state index in [1.165, 1.54) is 32.1 Å². The Morgan fingerprint density at radius 3 is 2.76 bits per heavy atom. The molecular weight excluding hydrogens is 384 g/mol. The minimum Gasteiger partial charge on any atom is -0.496 e. The summed E-state index contributed by atoms with van der Waals surface area (Å²) in [4.78, 5) is 16.6. The molecule has 152 valence electrons. The van der Waals surface area contributed by atoms with Gasteiger partial charge >= 0.3 is 5.97 Å². The molecule has 29 heavy (non-hydrogen) atoms. The van der Waals surface area contributed by atoms with E-state index in [0.717, 1.165) is 39.9 Å². The number of benzene rings is 1. The first-order valence-electron chi connectivity index (χ1n) is 10.1. The Labute approximate surface area is 175 Å². The van der Waals surface area contributed by atoms with E-state index in [1.807, 2.05) is 36.6 Å². The molecule has 3 aromatic rings. The summed E-state index contributed by atoms with van der Waals surface area (Å²) in [6.45, 7) is 2.76. The summed E-state index contributed by atoms with van der Waals surface area (Å²) >= 11 is 1.55. The van der Waals surface area contributed by atoms with Crippen molar-refractivity contribution in [3.63, 3.8) is 0 Å². The number of carboxylic acids is 1. The van der Waals surface area contributed by atoms with Gasteiger partial charge in [0.2, 0.25) is 0 Å². The summed E-state index contributed by atoms with van der Waals surface area (Å²) in [5.74, 6) is 0.502. The third kappa shape index (κ3) is 3.94. The van der Waals surface area contributed by atoms with Gasteiger partial charge < -0.3 is 14.4 Å². The van der Waals surface area contributed by atoms with Crippen molar-refractivity contribution in [2.24, 2.45) is 5.92 Å². The van der Waals surface area contributed by atoms with E-state index in [0.29, 0.717) is 11.5 Å². The minimum atomic E-state index is -0.883. The highest BCUT2D eigenvalue weighted by atomic mass is 32.1. The van der Waals surface area contributed by atoms with Gasteiger partial charge in [-0.25, -0.2) is 9.78 Å². The molecule has 2 aromatic heterocycles. The van der Waals surface area contributed by atoms with Crippen LogP contribution in [-0.2, 0) is 6.54 Å². The van der Waals surface area contributed by atoms with Gasteiger partial charge in [-0.05, 0) is 43.9 Å². The van der Waals surface area contributed by atoms with Crippen LogP contribution in [0.5, 0.6) is 5.75 Å². The Morgan fingerprint density at radius 2 is 2.03 bits per heavy atom. The van der Waals surface area contributed by atoms with Gasteiger partial charge in [0, 0.05) is 17.6 Å². The summed E-state index contributed by atoms with van der Waals surface area (Å²) in [7, 11) is 1.66. The lowest BCUT2D eigenvalue weighted by Crippen LogP contribution is -2.16.